The molecular formula is C7H6I. The van der Waals surface area contributed by atoms with Crippen LogP contribution in [0.2, 0.25) is 0 Å². The highest BCUT2D eigenvalue weighted by Gasteiger charge is 1.86. The second kappa shape index (κ2) is 2.49. The van der Waals surface area contributed by atoms with Gasteiger partial charge in [-0.25, -0.2) is 0 Å². The van der Waals surface area contributed by atoms with E-state index in [1.165, 1.54) is 9.13 Å². The number of hydrogen-bond acceptors (Lipinski definition) is 0. The molecule has 0 atom stereocenters. The third-order valence-electron chi connectivity index (χ3n) is 1.02. The summed E-state index contributed by atoms with van der Waals surface area (Å²) in [7, 11) is 0. The van der Waals surface area contributed by atoms with Gasteiger partial charge in [-0.15, -0.1) is 0 Å². The lowest BCUT2D eigenvalue weighted by molar-refractivity contribution is 1.42. The highest BCUT2D eigenvalue weighted by atomic mass is 127. The van der Waals surface area contributed by atoms with Crippen LogP contribution in [-0.2, 0) is 0 Å². The third-order valence-corrected chi connectivity index (χ3v) is 2.18. The molecule has 0 aromatic heterocycles. The highest BCUT2D eigenvalue weighted by Crippen LogP contribution is 2.07. The van der Waals surface area contributed by atoms with Crippen LogP contribution in [0, 0.1) is 16.6 Å². The maximum Gasteiger partial charge on any atom is 0.0165 e. The molecule has 0 fully saturated rings. The molecule has 1 aromatic rings. The van der Waals surface area contributed by atoms with E-state index in [1.54, 1.807) is 0 Å². The van der Waals surface area contributed by atoms with Crippen LogP contribution < -0.4 is 0 Å². The first-order chi connectivity index (χ1) is 3.80. The molecule has 0 saturated carbocycles. The Bertz CT molecular complexity index is 160. The van der Waals surface area contributed by atoms with Gasteiger partial charge in [0.15, 0.2) is 0 Å². The molecule has 0 bridgehead atoms. The molecule has 0 unspecified atom stereocenters. The molecule has 0 amide bonds. The highest BCUT2D eigenvalue weighted by molar-refractivity contribution is 14.1. The predicted octanol–water partition coefficient (Wildman–Crippen LogP) is 2.40. The van der Waals surface area contributed by atoms with Gasteiger partial charge in [0.25, 0.3) is 0 Å². The molecule has 0 aliphatic rings. The molecule has 0 heterocycles. The van der Waals surface area contributed by atoms with E-state index in [0.29, 0.717) is 0 Å². The van der Waals surface area contributed by atoms with Gasteiger partial charge in [0.2, 0.25) is 0 Å². The summed E-state index contributed by atoms with van der Waals surface area (Å²) in [5, 5.41) is 0. The summed E-state index contributed by atoms with van der Waals surface area (Å²) in [6.07, 6.45) is 0. The van der Waals surface area contributed by atoms with Gasteiger partial charge in [0, 0.05) is 3.57 Å². The summed E-state index contributed by atoms with van der Waals surface area (Å²) < 4.78 is 1.28. The SMILES string of the molecule is Cc1cc[c]cc1I. The molecular weight excluding hydrogens is 211 g/mol. The van der Waals surface area contributed by atoms with Crippen LogP contribution in [0.15, 0.2) is 18.2 Å². The fraction of sp³-hybridized carbons (Fsp3) is 0.143. The zero-order valence-electron chi connectivity index (χ0n) is 4.61. The first-order valence-corrected chi connectivity index (χ1v) is 3.51. The van der Waals surface area contributed by atoms with Crippen molar-refractivity contribution < 1.29 is 0 Å². The number of benzene rings is 1. The van der Waals surface area contributed by atoms with Crippen LogP contribution in [0.1, 0.15) is 5.56 Å². The van der Waals surface area contributed by atoms with Crippen molar-refractivity contribution in [1.82, 2.24) is 0 Å². The van der Waals surface area contributed by atoms with Gasteiger partial charge < -0.3 is 0 Å². The fourth-order valence-corrected chi connectivity index (χ4v) is 0.847. The molecule has 1 radical (unpaired) electrons. The molecule has 0 aliphatic carbocycles. The maximum atomic E-state index is 2.99. The number of rotatable bonds is 0. The smallest absolute Gasteiger partial charge is 0.0165 e. The van der Waals surface area contributed by atoms with Gasteiger partial charge >= 0.3 is 0 Å². The number of aryl methyl sites for hydroxylation is 1. The van der Waals surface area contributed by atoms with Crippen molar-refractivity contribution in [3.63, 3.8) is 0 Å². The van der Waals surface area contributed by atoms with Crippen molar-refractivity contribution in [2.45, 2.75) is 6.92 Å². The minimum Gasteiger partial charge on any atom is -0.0577 e. The van der Waals surface area contributed by atoms with Crippen LogP contribution >= 0.6 is 22.6 Å². The van der Waals surface area contributed by atoms with Gasteiger partial charge in [-0.05, 0) is 47.2 Å². The van der Waals surface area contributed by atoms with Crippen LogP contribution in [-0.4, -0.2) is 0 Å². The van der Waals surface area contributed by atoms with Crippen molar-refractivity contribution in [1.29, 1.82) is 0 Å². The monoisotopic (exact) mass is 217 g/mol. The van der Waals surface area contributed by atoms with E-state index in [4.69, 9.17) is 0 Å². The minimum atomic E-state index is 1.28. The zero-order valence-corrected chi connectivity index (χ0v) is 6.77. The van der Waals surface area contributed by atoms with Crippen molar-refractivity contribution in [2.75, 3.05) is 0 Å². The molecule has 1 heteroatoms. The molecule has 0 spiro atoms. The molecule has 1 aromatic carbocycles. The molecule has 1 rings (SSSR count). The van der Waals surface area contributed by atoms with E-state index >= 15 is 0 Å². The Morgan fingerprint density at radius 2 is 2.38 bits per heavy atom. The second-order valence-electron chi connectivity index (χ2n) is 1.68. The lowest BCUT2D eigenvalue weighted by atomic mass is 10.2. The number of halogens is 1. The van der Waals surface area contributed by atoms with Crippen molar-refractivity contribution >= 4 is 22.6 Å². The van der Waals surface area contributed by atoms with Gasteiger partial charge in [-0.3, -0.25) is 0 Å². The van der Waals surface area contributed by atoms with E-state index in [-0.39, 0.29) is 0 Å². The summed E-state index contributed by atoms with van der Waals surface area (Å²) in [6, 6.07) is 8.96. The summed E-state index contributed by atoms with van der Waals surface area (Å²) in [5.74, 6) is 0. The van der Waals surface area contributed by atoms with Gasteiger partial charge in [0.1, 0.15) is 0 Å². The Morgan fingerprint density at radius 1 is 1.62 bits per heavy atom. The molecule has 41 valence electrons. The average molecular weight is 217 g/mol. The standard InChI is InChI=1S/C7H6I/c1-6-4-2-3-5-7(6)8/h2,4-5H,1H3. The molecule has 8 heavy (non-hydrogen) atoms. The summed E-state index contributed by atoms with van der Waals surface area (Å²) in [4.78, 5) is 0. The van der Waals surface area contributed by atoms with Crippen LogP contribution in [0.5, 0.6) is 0 Å². The fourth-order valence-electron chi connectivity index (χ4n) is 0.488. The Kier molecular flexibility index (Phi) is 1.89. The normalized spacial score (nSPS) is 9.25. The van der Waals surface area contributed by atoms with Crippen molar-refractivity contribution in [2.24, 2.45) is 0 Å². The summed E-state index contributed by atoms with van der Waals surface area (Å²) >= 11 is 2.29. The van der Waals surface area contributed by atoms with Crippen LogP contribution in [0.25, 0.3) is 0 Å². The Morgan fingerprint density at radius 3 is 2.75 bits per heavy atom. The van der Waals surface area contributed by atoms with E-state index in [0.717, 1.165) is 0 Å². The van der Waals surface area contributed by atoms with E-state index in [9.17, 15) is 0 Å². The number of hydrogen-bond donors (Lipinski definition) is 0. The quantitative estimate of drug-likeness (QED) is 0.585. The molecule has 0 N–H and O–H groups in total. The Hall–Kier alpha value is -0.0500. The van der Waals surface area contributed by atoms with E-state index < -0.39 is 0 Å². The lowest BCUT2D eigenvalue weighted by Crippen LogP contribution is -1.74. The maximum absolute atomic E-state index is 2.99. The third kappa shape index (κ3) is 1.22. The average Bonchev–Trinajstić information content (AvgIpc) is 1.77. The second-order valence-corrected chi connectivity index (χ2v) is 2.84. The van der Waals surface area contributed by atoms with E-state index in [2.05, 4.69) is 41.6 Å². The van der Waals surface area contributed by atoms with Gasteiger partial charge in [-0.1, -0.05) is 12.1 Å². The summed E-state index contributed by atoms with van der Waals surface area (Å²) in [5.41, 5.74) is 1.32. The minimum absolute atomic E-state index is 1.28. The Balaban J connectivity index is 3.13. The van der Waals surface area contributed by atoms with Crippen LogP contribution in [0.3, 0.4) is 0 Å². The Labute approximate surface area is 63.1 Å². The van der Waals surface area contributed by atoms with Crippen LogP contribution in [0.4, 0.5) is 0 Å². The molecule has 0 nitrogen and oxygen atoms in total. The summed E-state index contributed by atoms with van der Waals surface area (Å²) in [6.45, 7) is 2.09. The van der Waals surface area contributed by atoms with E-state index in [1.807, 2.05) is 12.1 Å². The lowest BCUT2D eigenvalue weighted by Gasteiger charge is -1.91. The van der Waals surface area contributed by atoms with Gasteiger partial charge in [-0.2, -0.15) is 0 Å². The first kappa shape index (κ1) is 6.08. The largest absolute Gasteiger partial charge is 0.0577 e. The topological polar surface area (TPSA) is 0 Å². The predicted molar refractivity (Wildman–Crippen MR) is 42.7 cm³/mol. The van der Waals surface area contributed by atoms with Crippen molar-refractivity contribution in [3.05, 3.63) is 33.4 Å². The zero-order chi connectivity index (χ0) is 5.98. The molecule has 0 saturated heterocycles. The van der Waals surface area contributed by atoms with Gasteiger partial charge in [0.05, 0.1) is 0 Å². The molecule has 0 aliphatic heterocycles. The first-order valence-electron chi connectivity index (χ1n) is 2.43. The van der Waals surface area contributed by atoms with Crippen molar-refractivity contribution in [3.8, 4) is 0 Å².